The zero-order valence-electron chi connectivity index (χ0n) is 17.9. The molecule has 1 saturated carbocycles. The quantitative estimate of drug-likeness (QED) is 0.617. The molecule has 0 aromatic heterocycles. The fourth-order valence-electron chi connectivity index (χ4n) is 5.37. The van der Waals surface area contributed by atoms with E-state index in [4.69, 9.17) is 0 Å². The lowest BCUT2D eigenvalue weighted by molar-refractivity contribution is 0.134. The molecule has 0 bridgehead atoms. The van der Waals surface area contributed by atoms with Gasteiger partial charge in [-0.15, -0.1) is 0 Å². The molecule has 3 saturated heterocycles. The van der Waals surface area contributed by atoms with E-state index >= 15 is 0 Å². The van der Waals surface area contributed by atoms with Crippen molar-refractivity contribution in [2.24, 2.45) is 5.92 Å². The van der Waals surface area contributed by atoms with E-state index in [1.807, 2.05) is 0 Å². The third kappa shape index (κ3) is 5.24. The highest BCUT2D eigenvalue weighted by atomic mass is 15.4. The Morgan fingerprint density at radius 3 is 2.17 bits per heavy atom. The van der Waals surface area contributed by atoms with Crippen molar-refractivity contribution in [2.75, 3.05) is 58.9 Å². The molecule has 0 N–H and O–H groups in total. The number of nitrogens with zero attached hydrogens (tertiary/aromatic N) is 6. The van der Waals surface area contributed by atoms with Gasteiger partial charge in [-0.25, -0.2) is 0 Å². The van der Waals surface area contributed by atoms with Crippen molar-refractivity contribution in [2.45, 2.75) is 57.4 Å². The molecule has 6 heteroatoms. The van der Waals surface area contributed by atoms with Crippen molar-refractivity contribution in [3.8, 4) is 12.1 Å². The third-order valence-electron chi connectivity index (χ3n) is 7.19. The van der Waals surface area contributed by atoms with Crippen LogP contribution in [0.25, 0.3) is 0 Å². The van der Waals surface area contributed by atoms with E-state index in [0.29, 0.717) is 11.6 Å². The van der Waals surface area contributed by atoms with Crippen molar-refractivity contribution in [1.29, 1.82) is 10.5 Å². The first-order valence-corrected chi connectivity index (χ1v) is 11.8. The topological polar surface area (TPSA) is 60.5 Å². The van der Waals surface area contributed by atoms with E-state index in [2.05, 4.69) is 31.7 Å². The first-order valence-electron chi connectivity index (χ1n) is 11.8. The third-order valence-corrected chi connectivity index (χ3v) is 7.19. The molecular weight excluding hydrogens is 360 g/mol. The number of rotatable bonds is 7. The molecule has 0 unspecified atom stereocenters. The van der Waals surface area contributed by atoms with Crippen LogP contribution in [-0.2, 0) is 0 Å². The molecule has 0 amide bonds. The van der Waals surface area contributed by atoms with Gasteiger partial charge in [0.2, 0.25) is 0 Å². The zero-order chi connectivity index (χ0) is 20.1. The van der Waals surface area contributed by atoms with E-state index in [1.54, 1.807) is 0 Å². The maximum absolute atomic E-state index is 9.60. The number of hydrogen-bond acceptors (Lipinski definition) is 6. The summed E-state index contributed by atoms with van der Waals surface area (Å²) in [6, 6.07) is 4.86. The molecule has 0 radical (unpaired) electrons. The maximum atomic E-state index is 9.60. The minimum Gasteiger partial charge on any atom is -0.355 e. The number of likely N-dealkylation sites (tertiary alicyclic amines) is 2. The Bertz CT molecular complexity index is 640. The monoisotopic (exact) mass is 396 g/mol. The predicted molar refractivity (Wildman–Crippen MR) is 114 cm³/mol. The van der Waals surface area contributed by atoms with E-state index < -0.39 is 0 Å². The van der Waals surface area contributed by atoms with Gasteiger partial charge < -0.3 is 19.6 Å². The largest absolute Gasteiger partial charge is 0.355 e. The number of nitriles is 2. The lowest BCUT2D eigenvalue weighted by Gasteiger charge is -2.38. The fraction of sp³-hybridized carbons (Fsp3) is 0.826. The van der Waals surface area contributed by atoms with Crippen molar-refractivity contribution >= 4 is 0 Å². The van der Waals surface area contributed by atoms with Crippen molar-refractivity contribution in [1.82, 2.24) is 19.6 Å². The first-order chi connectivity index (χ1) is 14.3. The zero-order valence-corrected chi connectivity index (χ0v) is 17.9. The first kappa shape index (κ1) is 20.5. The van der Waals surface area contributed by atoms with Gasteiger partial charge in [-0.3, -0.25) is 0 Å². The summed E-state index contributed by atoms with van der Waals surface area (Å²) < 4.78 is 0. The highest BCUT2D eigenvalue weighted by molar-refractivity contribution is 5.40. The van der Waals surface area contributed by atoms with Crippen LogP contribution in [0.15, 0.2) is 11.4 Å². The molecule has 29 heavy (non-hydrogen) atoms. The smallest absolute Gasteiger partial charge is 0.169 e. The summed E-state index contributed by atoms with van der Waals surface area (Å²) in [7, 11) is 0. The van der Waals surface area contributed by atoms with Gasteiger partial charge in [0.1, 0.15) is 18.0 Å². The van der Waals surface area contributed by atoms with Crippen molar-refractivity contribution in [3.63, 3.8) is 0 Å². The van der Waals surface area contributed by atoms with Gasteiger partial charge in [-0.05, 0) is 70.5 Å². The second-order valence-corrected chi connectivity index (χ2v) is 9.33. The molecule has 158 valence electrons. The summed E-state index contributed by atoms with van der Waals surface area (Å²) in [4.78, 5) is 9.92. The molecule has 0 aromatic carbocycles. The molecule has 6 nitrogen and oxygen atoms in total. The molecule has 0 aromatic rings. The van der Waals surface area contributed by atoms with Crippen LogP contribution in [0, 0.1) is 28.6 Å². The van der Waals surface area contributed by atoms with E-state index in [9.17, 15) is 10.5 Å². The Labute approximate surface area is 176 Å². The second-order valence-electron chi connectivity index (χ2n) is 9.33. The van der Waals surface area contributed by atoms with E-state index in [1.165, 1.54) is 51.7 Å². The SMILES string of the molecule is N#CC(C#N)=C1N(CCCN2CCCCC2)CCN1C1CCN(CC2CC2)CC1. The Morgan fingerprint density at radius 2 is 1.52 bits per heavy atom. The summed E-state index contributed by atoms with van der Waals surface area (Å²) in [6.45, 7) is 10.1. The number of hydrogen-bond donors (Lipinski definition) is 0. The molecule has 4 fully saturated rings. The highest BCUT2D eigenvalue weighted by Crippen LogP contribution is 2.33. The summed E-state index contributed by atoms with van der Waals surface area (Å²) in [6.07, 6.45) is 10.3. The van der Waals surface area contributed by atoms with Gasteiger partial charge in [0, 0.05) is 45.3 Å². The standard InChI is InChI=1S/C23H36N6/c24-17-21(18-25)23-28(12-4-11-26-9-2-1-3-10-26)15-16-29(23)22-7-13-27(14-8-22)19-20-5-6-20/h20,22H,1-16,19H2. The van der Waals surface area contributed by atoms with Crippen LogP contribution in [0.4, 0.5) is 0 Å². The number of allylic oxidation sites excluding steroid dienone is 1. The molecule has 3 heterocycles. The summed E-state index contributed by atoms with van der Waals surface area (Å²) in [5, 5.41) is 19.2. The minimum absolute atomic E-state index is 0.306. The van der Waals surface area contributed by atoms with Crippen LogP contribution in [0.2, 0.25) is 0 Å². The van der Waals surface area contributed by atoms with E-state index in [-0.39, 0.29) is 0 Å². The molecule has 3 aliphatic heterocycles. The molecule has 1 aliphatic carbocycles. The average Bonchev–Trinajstić information content (AvgIpc) is 3.49. The number of piperidine rings is 2. The van der Waals surface area contributed by atoms with Crippen molar-refractivity contribution in [3.05, 3.63) is 11.4 Å². The summed E-state index contributed by atoms with van der Waals surface area (Å²) in [5.74, 6) is 1.88. The van der Waals surface area contributed by atoms with Crippen LogP contribution >= 0.6 is 0 Å². The lowest BCUT2D eigenvalue weighted by Crippen LogP contribution is -2.44. The van der Waals surface area contributed by atoms with Gasteiger partial charge in [0.05, 0.1) is 0 Å². The van der Waals surface area contributed by atoms with Crippen LogP contribution in [0.3, 0.4) is 0 Å². The summed E-state index contributed by atoms with van der Waals surface area (Å²) in [5.41, 5.74) is 0.306. The normalized spacial score (nSPS) is 24.6. The molecule has 4 rings (SSSR count). The highest BCUT2D eigenvalue weighted by Gasteiger charge is 2.35. The second kappa shape index (κ2) is 9.83. The minimum atomic E-state index is 0.306. The van der Waals surface area contributed by atoms with Gasteiger partial charge >= 0.3 is 0 Å². The molecule has 4 aliphatic rings. The predicted octanol–water partition coefficient (Wildman–Crippen LogP) is 2.61. The van der Waals surface area contributed by atoms with Crippen LogP contribution in [0.5, 0.6) is 0 Å². The van der Waals surface area contributed by atoms with Crippen LogP contribution in [-0.4, -0.2) is 84.5 Å². The average molecular weight is 397 g/mol. The molecular formula is C23H36N6. The summed E-state index contributed by atoms with van der Waals surface area (Å²) >= 11 is 0. The van der Waals surface area contributed by atoms with Crippen LogP contribution < -0.4 is 0 Å². The molecule has 0 spiro atoms. The Hall–Kier alpha value is -1.76. The van der Waals surface area contributed by atoms with Gasteiger partial charge in [-0.1, -0.05) is 6.42 Å². The van der Waals surface area contributed by atoms with Crippen LogP contribution in [0.1, 0.15) is 51.4 Å². The fourth-order valence-corrected chi connectivity index (χ4v) is 5.37. The van der Waals surface area contributed by atoms with Crippen molar-refractivity contribution < 1.29 is 0 Å². The Balaban J connectivity index is 1.34. The Kier molecular flexibility index (Phi) is 6.95. The van der Waals surface area contributed by atoms with Gasteiger partial charge in [0.25, 0.3) is 0 Å². The van der Waals surface area contributed by atoms with Gasteiger partial charge in [-0.2, -0.15) is 10.5 Å². The maximum Gasteiger partial charge on any atom is 0.169 e. The lowest BCUT2D eigenvalue weighted by atomic mass is 10.0. The van der Waals surface area contributed by atoms with Gasteiger partial charge in [0.15, 0.2) is 5.57 Å². The molecule has 0 atom stereocenters. The van der Waals surface area contributed by atoms with E-state index in [0.717, 1.165) is 70.3 Å². The Morgan fingerprint density at radius 1 is 0.793 bits per heavy atom.